The van der Waals surface area contributed by atoms with Gasteiger partial charge in [0.1, 0.15) is 5.75 Å². The number of benzene rings is 1. The minimum Gasteiger partial charge on any atom is -0.482 e. The van der Waals surface area contributed by atoms with Gasteiger partial charge in [0.25, 0.3) is 11.8 Å². The molecule has 124 valence electrons. The summed E-state index contributed by atoms with van der Waals surface area (Å²) in [5, 5.41) is 5.84. The van der Waals surface area contributed by atoms with Crippen molar-refractivity contribution in [1.82, 2.24) is 10.2 Å². The monoisotopic (exact) mass is 317 g/mol. The summed E-state index contributed by atoms with van der Waals surface area (Å²) in [6, 6.07) is 5.74. The van der Waals surface area contributed by atoms with Crippen LogP contribution in [0.1, 0.15) is 31.1 Å². The maximum atomic E-state index is 12.5. The molecule has 23 heavy (non-hydrogen) atoms. The molecule has 1 aromatic carbocycles. The Morgan fingerprint density at radius 1 is 1.39 bits per heavy atom. The number of nitrogens with zero attached hydrogens (tertiary/aromatic N) is 1. The lowest BCUT2D eigenvalue weighted by Gasteiger charge is -2.21. The Morgan fingerprint density at radius 3 is 2.87 bits per heavy atom. The number of amides is 2. The van der Waals surface area contributed by atoms with Crippen molar-refractivity contribution in [3.05, 3.63) is 23.8 Å². The Kier molecular flexibility index (Phi) is 4.26. The molecular formula is C17H23N3O3. The van der Waals surface area contributed by atoms with Gasteiger partial charge in [0.2, 0.25) is 0 Å². The Bertz CT molecular complexity index is 630. The predicted molar refractivity (Wildman–Crippen MR) is 87.7 cm³/mol. The second-order valence-electron chi connectivity index (χ2n) is 6.65. The lowest BCUT2D eigenvalue weighted by Crippen LogP contribution is -2.40. The lowest BCUT2D eigenvalue weighted by molar-refractivity contribution is -0.118. The highest BCUT2D eigenvalue weighted by molar-refractivity contribution is 5.99. The van der Waals surface area contributed by atoms with Crippen molar-refractivity contribution in [3.8, 4) is 5.75 Å². The van der Waals surface area contributed by atoms with Gasteiger partial charge < -0.3 is 15.4 Å². The van der Waals surface area contributed by atoms with Gasteiger partial charge in [-0.25, -0.2) is 0 Å². The lowest BCUT2D eigenvalue weighted by atomic mass is 10.1. The predicted octanol–water partition coefficient (Wildman–Crippen LogP) is 1.48. The first-order valence-electron chi connectivity index (χ1n) is 8.05. The zero-order valence-corrected chi connectivity index (χ0v) is 13.8. The molecule has 1 saturated heterocycles. The zero-order chi connectivity index (χ0) is 16.6. The van der Waals surface area contributed by atoms with E-state index in [4.69, 9.17) is 4.74 Å². The van der Waals surface area contributed by atoms with Gasteiger partial charge in [-0.2, -0.15) is 0 Å². The number of hydrogen-bond donors (Lipinski definition) is 2. The Labute approximate surface area is 136 Å². The van der Waals surface area contributed by atoms with Gasteiger partial charge in [-0.1, -0.05) is 6.92 Å². The van der Waals surface area contributed by atoms with Gasteiger partial charge in [-0.3, -0.25) is 14.5 Å². The highest BCUT2D eigenvalue weighted by atomic mass is 16.5. The maximum absolute atomic E-state index is 12.5. The number of carbonyl (C=O) groups excluding carboxylic acids is 2. The minimum absolute atomic E-state index is 0.0128. The number of likely N-dealkylation sites (tertiary alicyclic amines) is 1. The number of hydrogen-bond acceptors (Lipinski definition) is 4. The van der Waals surface area contributed by atoms with Crippen molar-refractivity contribution in [3.63, 3.8) is 0 Å². The average molecular weight is 317 g/mol. The van der Waals surface area contributed by atoms with Crippen LogP contribution in [0.3, 0.4) is 0 Å². The third kappa shape index (κ3) is 3.32. The quantitative estimate of drug-likeness (QED) is 0.886. The largest absolute Gasteiger partial charge is 0.482 e. The van der Waals surface area contributed by atoms with E-state index in [1.54, 1.807) is 18.2 Å². The summed E-state index contributed by atoms with van der Waals surface area (Å²) in [6.45, 7) is 8.38. The van der Waals surface area contributed by atoms with Crippen LogP contribution >= 0.6 is 0 Å². The van der Waals surface area contributed by atoms with Gasteiger partial charge in [0.05, 0.1) is 5.69 Å². The van der Waals surface area contributed by atoms with E-state index in [2.05, 4.69) is 36.3 Å². The van der Waals surface area contributed by atoms with Crippen molar-refractivity contribution >= 4 is 17.5 Å². The van der Waals surface area contributed by atoms with Crippen LogP contribution in [0.5, 0.6) is 5.75 Å². The number of nitrogens with one attached hydrogen (secondary N) is 2. The highest BCUT2D eigenvalue weighted by Crippen LogP contribution is 2.28. The van der Waals surface area contributed by atoms with E-state index < -0.39 is 0 Å². The van der Waals surface area contributed by atoms with E-state index in [9.17, 15) is 9.59 Å². The van der Waals surface area contributed by atoms with Crippen LogP contribution in [-0.2, 0) is 4.79 Å². The molecule has 6 nitrogen and oxygen atoms in total. The average Bonchev–Trinajstić information content (AvgIpc) is 2.88. The molecule has 2 atom stereocenters. The maximum Gasteiger partial charge on any atom is 0.262 e. The third-order valence-corrected chi connectivity index (χ3v) is 4.56. The van der Waals surface area contributed by atoms with Crippen molar-refractivity contribution in [2.75, 3.05) is 25.0 Å². The number of ether oxygens (including phenoxy) is 1. The van der Waals surface area contributed by atoms with Crippen molar-refractivity contribution < 1.29 is 14.3 Å². The van der Waals surface area contributed by atoms with Gasteiger partial charge in [-0.15, -0.1) is 0 Å². The fourth-order valence-electron chi connectivity index (χ4n) is 3.08. The smallest absolute Gasteiger partial charge is 0.262 e. The first kappa shape index (κ1) is 15.8. The molecule has 0 radical (unpaired) electrons. The molecule has 2 unspecified atom stereocenters. The Morgan fingerprint density at radius 2 is 2.17 bits per heavy atom. The molecule has 2 aliphatic heterocycles. The van der Waals surface area contributed by atoms with E-state index in [1.165, 1.54) is 0 Å². The van der Waals surface area contributed by atoms with Gasteiger partial charge in [0, 0.05) is 30.7 Å². The van der Waals surface area contributed by atoms with Crippen molar-refractivity contribution in [2.45, 2.75) is 32.9 Å². The summed E-state index contributed by atoms with van der Waals surface area (Å²) in [5.74, 6) is 0.689. The molecule has 0 aliphatic carbocycles. The van der Waals surface area contributed by atoms with Crippen LogP contribution in [0.15, 0.2) is 18.2 Å². The number of carbonyl (C=O) groups is 2. The van der Waals surface area contributed by atoms with Gasteiger partial charge in [-0.05, 0) is 38.0 Å². The zero-order valence-electron chi connectivity index (χ0n) is 13.8. The second-order valence-corrected chi connectivity index (χ2v) is 6.65. The van der Waals surface area contributed by atoms with Crippen LogP contribution < -0.4 is 15.4 Å². The highest BCUT2D eigenvalue weighted by Gasteiger charge is 2.32. The molecule has 2 N–H and O–H groups in total. The van der Waals surface area contributed by atoms with E-state index in [1.807, 2.05) is 0 Å². The third-order valence-electron chi connectivity index (χ3n) is 4.56. The molecule has 2 heterocycles. The van der Waals surface area contributed by atoms with Crippen molar-refractivity contribution in [1.29, 1.82) is 0 Å². The van der Waals surface area contributed by atoms with Crippen LogP contribution in [0.2, 0.25) is 0 Å². The molecular weight excluding hydrogens is 294 g/mol. The second kappa shape index (κ2) is 6.20. The van der Waals surface area contributed by atoms with Crippen molar-refractivity contribution in [2.24, 2.45) is 5.92 Å². The molecule has 1 aromatic rings. The molecule has 0 spiro atoms. The van der Waals surface area contributed by atoms with Crippen LogP contribution in [0.25, 0.3) is 0 Å². The molecule has 6 heteroatoms. The van der Waals surface area contributed by atoms with Gasteiger partial charge in [0.15, 0.2) is 6.61 Å². The van der Waals surface area contributed by atoms with Crippen LogP contribution in [0.4, 0.5) is 5.69 Å². The fraction of sp³-hybridized carbons (Fsp3) is 0.529. The van der Waals surface area contributed by atoms with Crippen LogP contribution in [0, 0.1) is 5.92 Å². The topological polar surface area (TPSA) is 70.7 Å². The summed E-state index contributed by atoms with van der Waals surface area (Å²) in [4.78, 5) is 26.2. The molecule has 3 rings (SSSR count). The van der Waals surface area contributed by atoms with E-state index in [0.29, 0.717) is 29.0 Å². The first-order chi connectivity index (χ1) is 10.9. The van der Waals surface area contributed by atoms with Gasteiger partial charge >= 0.3 is 0 Å². The summed E-state index contributed by atoms with van der Waals surface area (Å²) < 4.78 is 5.37. The molecule has 0 bridgehead atoms. The molecule has 0 aromatic heterocycles. The number of anilines is 1. The van der Waals surface area contributed by atoms with Crippen LogP contribution in [-0.4, -0.2) is 48.5 Å². The summed E-state index contributed by atoms with van der Waals surface area (Å²) >= 11 is 0. The molecule has 1 fully saturated rings. The molecule has 2 amide bonds. The number of fused-ring (bicyclic) bond motifs is 1. The van der Waals surface area contributed by atoms with E-state index >= 15 is 0 Å². The molecule has 2 aliphatic rings. The minimum atomic E-state index is -0.178. The summed E-state index contributed by atoms with van der Waals surface area (Å²) in [7, 11) is 0. The van der Waals surface area contributed by atoms with E-state index in [0.717, 1.165) is 13.1 Å². The normalized spacial score (nSPS) is 24.1. The summed E-state index contributed by atoms with van der Waals surface area (Å²) in [5.41, 5.74) is 1.16. The Balaban J connectivity index is 1.68. The standard InChI is InChI=1S/C17H23N3O3/c1-10(2)20-7-11(3)14(8-20)19-17(22)12-4-5-13-15(6-12)23-9-16(21)18-13/h4-6,10-11,14H,7-9H2,1-3H3,(H,18,21)(H,19,22). The van der Waals surface area contributed by atoms with E-state index in [-0.39, 0.29) is 24.5 Å². The first-order valence-corrected chi connectivity index (χ1v) is 8.05. The molecule has 0 saturated carbocycles. The SMILES string of the molecule is CC1CN(C(C)C)CC1NC(=O)c1ccc2c(c1)OCC(=O)N2. The number of rotatable bonds is 3. The fourth-order valence-corrected chi connectivity index (χ4v) is 3.08. The Hall–Kier alpha value is -2.08. The summed E-state index contributed by atoms with van der Waals surface area (Å²) in [6.07, 6.45) is 0.